The number of anilines is 2. The minimum Gasteiger partial charge on any atom is -0.379 e. The Labute approximate surface area is 242 Å². The first kappa shape index (κ1) is 26.9. The van der Waals surface area contributed by atoms with Gasteiger partial charge in [0.05, 0.1) is 25.1 Å². The molecule has 40 heavy (non-hydrogen) atoms. The van der Waals surface area contributed by atoms with Crippen LogP contribution in [0.4, 0.5) is 11.6 Å². The van der Waals surface area contributed by atoms with Crippen LogP contribution in [-0.4, -0.2) is 59.5 Å². The number of pyridine rings is 1. The number of amides is 1. The van der Waals surface area contributed by atoms with Crippen molar-refractivity contribution < 1.29 is 17.9 Å². The van der Waals surface area contributed by atoms with Crippen molar-refractivity contribution in [1.29, 1.82) is 0 Å². The largest absolute Gasteiger partial charge is 0.379 e. The third-order valence-electron chi connectivity index (χ3n) is 7.25. The topological polar surface area (TPSA) is 97.6 Å². The standard InChI is InChI=1S/C28H25Cl2N5O4S/c1-28(16-19-4-6-20(7-5-19)21-3-2-8-31-17-21)26(36)34(24-14-22(29)13-23(30)15-24)27-32-18-25(35(27)28)40(37,38)33-9-11-39-12-10-33/h2-8,13-15,17-18H,9-12,16H2,1H3. The molecule has 2 aromatic heterocycles. The number of imidazole rings is 1. The van der Waals surface area contributed by atoms with Crippen LogP contribution < -0.4 is 4.90 Å². The number of carbonyl (C=O) groups excluding carboxylic acids is 1. The molecule has 12 heteroatoms. The molecule has 2 aliphatic rings. The fourth-order valence-corrected chi connectivity index (χ4v) is 7.39. The minimum atomic E-state index is -3.98. The molecule has 1 unspecified atom stereocenters. The Balaban J connectivity index is 1.45. The lowest BCUT2D eigenvalue weighted by molar-refractivity contribution is -0.124. The maximum atomic E-state index is 14.3. The quantitative estimate of drug-likeness (QED) is 0.313. The highest BCUT2D eigenvalue weighted by atomic mass is 35.5. The van der Waals surface area contributed by atoms with E-state index in [1.165, 1.54) is 20.0 Å². The number of rotatable bonds is 6. The summed E-state index contributed by atoms with van der Waals surface area (Å²) in [6.45, 7) is 2.77. The molecular formula is C28H25Cl2N5O4S. The normalized spacial score (nSPS) is 19.7. The number of hydrogen-bond acceptors (Lipinski definition) is 6. The second kappa shape index (κ2) is 10.3. The van der Waals surface area contributed by atoms with Crippen LogP contribution in [0, 0.1) is 0 Å². The van der Waals surface area contributed by atoms with Crippen molar-refractivity contribution in [2.24, 2.45) is 0 Å². The fourth-order valence-electron chi connectivity index (χ4n) is 5.28. The van der Waals surface area contributed by atoms with Gasteiger partial charge in [-0.15, -0.1) is 0 Å². The van der Waals surface area contributed by atoms with E-state index in [9.17, 15) is 13.2 Å². The van der Waals surface area contributed by atoms with Crippen molar-refractivity contribution in [2.45, 2.75) is 23.9 Å². The Morgan fingerprint density at radius 3 is 2.33 bits per heavy atom. The van der Waals surface area contributed by atoms with E-state index < -0.39 is 15.6 Å². The van der Waals surface area contributed by atoms with Gasteiger partial charge in [0.1, 0.15) is 5.54 Å². The SMILES string of the molecule is CC1(Cc2ccc(-c3cccnc3)cc2)C(=O)N(c2cc(Cl)cc(Cl)c2)c2ncc(S(=O)(=O)N3CCOCC3)n21. The molecule has 4 heterocycles. The number of sulfonamides is 1. The first-order valence-corrected chi connectivity index (χ1v) is 14.8. The third-order valence-corrected chi connectivity index (χ3v) is 9.54. The monoisotopic (exact) mass is 597 g/mol. The summed E-state index contributed by atoms with van der Waals surface area (Å²) in [6.07, 6.45) is 5.04. The Bertz CT molecular complexity index is 1670. The predicted octanol–water partition coefficient (Wildman–Crippen LogP) is 4.91. The van der Waals surface area contributed by atoms with E-state index >= 15 is 0 Å². The molecule has 1 atom stereocenters. The van der Waals surface area contributed by atoms with Crippen LogP contribution in [0.2, 0.25) is 10.0 Å². The number of nitrogens with zero attached hydrogens (tertiary/aromatic N) is 5. The summed E-state index contributed by atoms with van der Waals surface area (Å²) >= 11 is 12.6. The van der Waals surface area contributed by atoms with Gasteiger partial charge in [0.25, 0.3) is 15.9 Å². The average Bonchev–Trinajstić information content (AvgIpc) is 3.48. The van der Waals surface area contributed by atoms with Gasteiger partial charge in [-0.05, 0) is 47.9 Å². The number of morpholine rings is 1. The predicted molar refractivity (Wildman–Crippen MR) is 152 cm³/mol. The maximum Gasteiger partial charge on any atom is 0.260 e. The highest BCUT2D eigenvalue weighted by Gasteiger charge is 2.52. The third kappa shape index (κ3) is 4.59. The van der Waals surface area contributed by atoms with Crippen molar-refractivity contribution >= 4 is 50.8 Å². The van der Waals surface area contributed by atoms with Gasteiger partial charge < -0.3 is 4.74 Å². The first-order chi connectivity index (χ1) is 19.2. The van der Waals surface area contributed by atoms with Gasteiger partial charge in [-0.2, -0.15) is 4.31 Å². The second-order valence-electron chi connectivity index (χ2n) is 9.91. The van der Waals surface area contributed by atoms with E-state index in [2.05, 4.69) is 9.97 Å². The molecule has 6 rings (SSSR count). The molecule has 2 aromatic carbocycles. The summed E-state index contributed by atoms with van der Waals surface area (Å²) < 4.78 is 35.9. The van der Waals surface area contributed by atoms with Crippen LogP contribution in [0.25, 0.3) is 11.1 Å². The minimum absolute atomic E-state index is 0.0529. The molecule has 1 fully saturated rings. The fraction of sp³-hybridized carbons (Fsp3) is 0.250. The smallest absolute Gasteiger partial charge is 0.260 e. The summed E-state index contributed by atoms with van der Waals surface area (Å²) in [6, 6.07) is 16.4. The van der Waals surface area contributed by atoms with Gasteiger partial charge >= 0.3 is 0 Å². The molecule has 4 aromatic rings. The number of fused-ring (bicyclic) bond motifs is 1. The zero-order valence-electron chi connectivity index (χ0n) is 21.5. The van der Waals surface area contributed by atoms with Crippen molar-refractivity contribution in [3.05, 3.63) is 88.8 Å². The summed E-state index contributed by atoms with van der Waals surface area (Å²) in [5, 5.41) is 0.631. The van der Waals surface area contributed by atoms with Crippen LogP contribution in [0.3, 0.4) is 0 Å². The Kier molecular flexibility index (Phi) is 6.92. The van der Waals surface area contributed by atoms with E-state index in [-0.39, 0.29) is 36.4 Å². The second-order valence-corrected chi connectivity index (χ2v) is 12.7. The molecule has 0 spiro atoms. The lowest BCUT2D eigenvalue weighted by atomic mass is 9.91. The molecule has 0 radical (unpaired) electrons. The van der Waals surface area contributed by atoms with E-state index in [0.29, 0.717) is 28.9 Å². The van der Waals surface area contributed by atoms with Crippen LogP contribution in [0.1, 0.15) is 12.5 Å². The van der Waals surface area contributed by atoms with E-state index in [1.807, 2.05) is 36.4 Å². The van der Waals surface area contributed by atoms with E-state index in [1.54, 1.807) is 37.5 Å². The zero-order chi connectivity index (χ0) is 28.1. The van der Waals surface area contributed by atoms with Gasteiger partial charge in [-0.3, -0.25) is 14.3 Å². The van der Waals surface area contributed by atoms with Crippen molar-refractivity contribution in [1.82, 2.24) is 18.8 Å². The molecular weight excluding hydrogens is 573 g/mol. The summed E-state index contributed by atoms with van der Waals surface area (Å²) in [4.78, 5) is 24.3. The van der Waals surface area contributed by atoms with E-state index in [0.717, 1.165) is 16.7 Å². The molecule has 1 amide bonds. The number of benzene rings is 2. The van der Waals surface area contributed by atoms with Gasteiger partial charge in [-0.1, -0.05) is 53.5 Å². The number of aromatic nitrogens is 3. The summed E-state index contributed by atoms with van der Waals surface area (Å²) in [7, 11) is -3.98. The molecule has 0 aliphatic carbocycles. The van der Waals surface area contributed by atoms with Crippen LogP contribution in [0.15, 0.2) is 78.2 Å². The Morgan fingerprint density at radius 2 is 1.68 bits per heavy atom. The lowest BCUT2D eigenvalue weighted by Gasteiger charge is -2.30. The van der Waals surface area contributed by atoms with Gasteiger partial charge in [0, 0.05) is 41.9 Å². The molecule has 0 saturated carbocycles. The van der Waals surface area contributed by atoms with Crippen molar-refractivity contribution in [3.8, 4) is 11.1 Å². The number of halogens is 2. The van der Waals surface area contributed by atoms with Crippen LogP contribution >= 0.6 is 23.2 Å². The highest BCUT2D eigenvalue weighted by molar-refractivity contribution is 7.89. The van der Waals surface area contributed by atoms with Crippen LogP contribution in [0.5, 0.6) is 0 Å². The average molecular weight is 599 g/mol. The van der Waals surface area contributed by atoms with E-state index in [4.69, 9.17) is 27.9 Å². The van der Waals surface area contributed by atoms with Crippen molar-refractivity contribution in [3.63, 3.8) is 0 Å². The number of ether oxygens (including phenoxy) is 1. The van der Waals surface area contributed by atoms with Gasteiger partial charge in [0.15, 0.2) is 5.03 Å². The summed E-state index contributed by atoms with van der Waals surface area (Å²) in [5.74, 6) is -0.159. The number of carbonyl (C=O) groups is 1. The molecule has 0 N–H and O–H groups in total. The lowest BCUT2D eigenvalue weighted by Crippen LogP contribution is -2.45. The Morgan fingerprint density at radius 1 is 0.975 bits per heavy atom. The summed E-state index contributed by atoms with van der Waals surface area (Å²) in [5.41, 5.74) is 1.89. The molecule has 9 nitrogen and oxygen atoms in total. The highest BCUT2D eigenvalue weighted by Crippen LogP contribution is 2.45. The maximum absolute atomic E-state index is 14.3. The number of hydrogen-bond donors (Lipinski definition) is 0. The van der Waals surface area contributed by atoms with Gasteiger partial charge in [0.2, 0.25) is 5.95 Å². The molecule has 206 valence electrons. The first-order valence-electron chi connectivity index (χ1n) is 12.6. The zero-order valence-corrected chi connectivity index (χ0v) is 23.8. The van der Waals surface area contributed by atoms with Crippen LogP contribution in [-0.2, 0) is 31.5 Å². The Hall–Kier alpha value is -3.28. The molecule has 1 saturated heterocycles. The molecule has 2 aliphatic heterocycles. The van der Waals surface area contributed by atoms with Gasteiger partial charge in [-0.25, -0.2) is 18.3 Å². The molecule has 0 bridgehead atoms. The van der Waals surface area contributed by atoms with Crippen molar-refractivity contribution in [2.75, 3.05) is 31.2 Å².